The fourth-order valence-electron chi connectivity index (χ4n) is 4.12. The Morgan fingerprint density at radius 2 is 1.68 bits per heavy atom. The second-order valence-electron chi connectivity index (χ2n) is 9.23. The van der Waals surface area contributed by atoms with Crippen LogP contribution in [-0.2, 0) is 26.2 Å². The van der Waals surface area contributed by atoms with Gasteiger partial charge in [-0.3, -0.25) is 13.9 Å². The van der Waals surface area contributed by atoms with Crippen LogP contribution in [0.5, 0.6) is 0 Å². The molecule has 0 fully saturated rings. The third kappa shape index (κ3) is 7.14. The molecule has 0 spiro atoms. The minimum Gasteiger partial charge on any atom is -0.354 e. The number of anilines is 1. The summed E-state index contributed by atoms with van der Waals surface area (Å²) in [4.78, 5) is 28.3. The van der Waals surface area contributed by atoms with Crippen molar-refractivity contribution in [3.05, 3.63) is 94.5 Å². The molecule has 7 nitrogen and oxygen atoms in total. The summed E-state index contributed by atoms with van der Waals surface area (Å²) in [7, 11) is -4.12. The second kappa shape index (κ2) is 12.9. The van der Waals surface area contributed by atoms with Gasteiger partial charge >= 0.3 is 0 Å². The highest BCUT2D eigenvalue weighted by molar-refractivity contribution is 7.92. The van der Waals surface area contributed by atoms with Crippen LogP contribution < -0.4 is 9.62 Å². The molecule has 9 heteroatoms. The summed E-state index contributed by atoms with van der Waals surface area (Å²) in [6, 6.07) is 19.6. The molecule has 0 radical (unpaired) electrons. The van der Waals surface area contributed by atoms with Gasteiger partial charge in [-0.1, -0.05) is 66.6 Å². The Kier molecular flexibility index (Phi) is 9.94. The van der Waals surface area contributed by atoms with E-state index in [1.54, 1.807) is 50.2 Å². The van der Waals surface area contributed by atoms with Gasteiger partial charge in [0.05, 0.1) is 10.6 Å². The van der Waals surface area contributed by atoms with Crippen molar-refractivity contribution in [1.82, 2.24) is 10.2 Å². The maximum absolute atomic E-state index is 13.9. The summed E-state index contributed by atoms with van der Waals surface area (Å²) in [5, 5.41) is 3.30. The first-order chi connectivity index (χ1) is 18.0. The number of hydrogen-bond acceptors (Lipinski definition) is 4. The Bertz CT molecular complexity index is 1380. The monoisotopic (exact) mass is 555 g/mol. The Morgan fingerprint density at radius 1 is 0.974 bits per heavy atom. The number of carbonyl (C=O) groups is 2. The summed E-state index contributed by atoms with van der Waals surface area (Å²) < 4.78 is 28.7. The largest absolute Gasteiger partial charge is 0.354 e. The molecule has 0 bridgehead atoms. The lowest BCUT2D eigenvalue weighted by molar-refractivity contribution is -0.139. The SMILES string of the molecule is CCCNC(=O)[C@H](C)N(Cc1cccc(C)c1)C(=O)CN(c1ccc(Cl)cc1C)S(=O)(=O)c1ccccc1. The zero-order valence-electron chi connectivity index (χ0n) is 22.1. The standard InChI is InChI=1S/C29H34ClN3O4S/c1-5-16-31-29(35)23(4)32(19-24-11-9-10-21(2)17-24)28(34)20-33(27-15-14-25(30)18-22(27)3)38(36,37)26-12-7-6-8-13-26/h6-15,17-18,23H,5,16,19-20H2,1-4H3,(H,31,35)/t23-/m0/s1. The van der Waals surface area contributed by atoms with Crippen LogP contribution in [0.3, 0.4) is 0 Å². The fourth-order valence-corrected chi connectivity index (χ4v) is 5.84. The van der Waals surface area contributed by atoms with Crippen LogP contribution >= 0.6 is 11.6 Å². The van der Waals surface area contributed by atoms with E-state index in [4.69, 9.17) is 11.6 Å². The minimum atomic E-state index is -4.12. The first-order valence-electron chi connectivity index (χ1n) is 12.5. The molecule has 38 heavy (non-hydrogen) atoms. The summed E-state index contributed by atoms with van der Waals surface area (Å²) >= 11 is 6.14. The van der Waals surface area contributed by atoms with E-state index in [1.165, 1.54) is 17.0 Å². The molecule has 0 aromatic heterocycles. The summed E-state index contributed by atoms with van der Waals surface area (Å²) in [6.45, 7) is 7.43. The van der Waals surface area contributed by atoms with Gasteiger partial charge in [-0.15, -0.1) is 0 Å². The van der Waals surface area contributed by atoms with Gasteiger partial charge in [-0.25, -0.2) is 8.42 Å². The predicted molar refractivity (Wildman–Crippen MR) is 152 cm³/mol. The van der Waals surface area contributed by atoms with Crippen LogP contribution in [0.2, 0.25) is 5.02 Å². The molecule has 0 heterocycles. The number of nitrogens with zero attached hydrogens (tertiary/aromatic N) is 2. The highest BCUT2D eigenvalue weighted by Crippen LogP contribution is 2.29. The zero-order chi connectivity index (χ0) is 27.9. The van der Waals surface area contributed by atoms with E-state index in [1.807, 2.05) is 38.1 Å². The maximum atomic E-state index is 13.9. The lowest BCUT2D eigenvalue weighted by Gasteiger charge is -2.32. The van der Waals surface area contributed by atoms with Crippen molar-refractivity contribution < 1.29 is 18.0 Å². The van der Waals surface area contributed by atoms with Gasteiger partial charge in [0, 0.05) is 18.1 Å². The molecule has 0 aliphatic carbocycles. The smallest absolute Gasteiger partial charge is 0.264 e. The summed E-state index contributed by atoms with van der Waals surface area (Å²) in [6.07, 6.45) is 0.753. The van der Waals surface area contributed by atoms with Gasteiger partial charge in [0.2, 0.25) is 11.8 Å². The second-order valence-corrected chi connectivity index (χ2v) is 11.5. The predicted octanol–water partition coefficient (Wildman–Crippen LogP) is 5.10. The van der Waals surface area contributed by atoms with Crippen LogP contribution in [0, 0.1) is 13.8 Å². The van der Waals surface area contributed by atoms with E-state index in [0.29, 0.717) is 22.8 Å². The third-order valence-electron chi connectivity index (χ3n) is 6.19. The Hall–Kier alpha value is -3.36. The quantitative estimate of drug-likeness (QED) is 0.357. The van der Waals surface area contributed by atoms with E-state index >= 15 is 0 Å². The minimum absolute atomic E-state index is 0.0566. The molecule has 1 atom stereocenters. The van der Waals surface area contributed by atoms with Crippen molar-refractivity contribution in [2.45, 2.75) is 51.6 Å². The number of hydrogen-bond donors (Lipinski definition) is 1. The number of aryl methyl sites for hydroxylation is 2. The molecular formula is C29H34ClN3O4S. The molecule has 202 valence electrons. The fraction of sp³-hybridized carbons (Fsp3) is 0.310. The highest BCUT2D eigenvalue weighted by atomic mass is 35.5. The van der Waals surface area contributed by atoms with Gasteiger partial charge in [0.15, 0.2) is 0 Å². The van der Waals surface area contributed by atoms with Crippen LogP contribution in [0.1, 0.15) is 37.0 Å². The Labute approximate surface area is 230 Å². The summed E-state index contributed by atoms with van der Waals surface area (Å²) in [5.74, 6) is -0.799. The van der Waals surface area contributed by atoms with Crippen molar-refractivity contribution in [3.8, 4) is 0 Å². The highest BCUT2D eigenvalue weighted by Gasteiger charge is 2.33. The van der Waals surface area contributed by atoms with Gasteiger partial charge in [0.25, 0.3) is 10.0 Å². The number of sulfonamides is 1. The van der Waals surface area contributed by atoms with Crippen molar-refractivity contribution in [2.24, 2.45) is 0 Å². The molecule has 0 aliphatic heterocycles. The van der Waals surface area contributed by atoms with E-state index in [0.717, 1.165) is 21.9 Å². The van der Waals surface area contributed by atoms with Gasteiger partial charge in [-0.2, -0.15) is 0 Å². The van der Waals surface area contributed by atoms with Gasteiger partial charge < -0.3 is 10.2 Å². The van der Waals surface area contributed by atoms with E-state index in [2.05, 4.69) is 5.32 Å². The number of rotatable bonds is 11. The lowest BCUT2D eigenvalue weighted by Crippen LogP contribution is -2.51. The number of carbonyl (C=O) groups excluding carboxylic acids is 2. The molecule has 0 unspecified atom stereocenters. The van der Waals surface area contributed by atoms with Crippen molar-refractivity contribution in [1.29, 1.82) is 0 Å². The molecule has 0 aliphatic rings. The normalized spacial score (nSPS) is 12.0. The van der Waals surface area contributed by atoms with Gasteiger partial charge in [-0.05, 0) is 68.7 Å². The average molecular weight is 556 g/mol. The van der Waals surface area contributed by atoms with Crippen LogP contribution in [0.15, 0.2) is 77.7 Å². The third-order valence-corrected chi connectivity index (χ3v) is 8.20. The maximum Gasteiger partial charge on any atom is 0.264 e. The molecule has 3 aromatic carbocycles. The zero-order valence-corrected chi connectivity index (χ0v) is 23.7. The lowest BCUT2D eigenvalue weighted by atomic mass is 10.1. The topological polar surface area (TPSA) is 86.8 Å². The van der Waals surface area contributed by atoms with Crippen LogP contribution in [0.25, 0.3) is 0 Å². The molecule has 3 rings (SSSR count). The molecule has 2 amide bonds. The number of benzene rings is 3. The number of nitrogens with one attached hydrogen (secondary N) is 1. The number of amides is 2. The van der Waals surface area contributed by atoms with E-state index < -0.39 is 28.5 Å². The molecular weight excluding hydrogens is 522 g/mol. The van der Waals surface area contributed by atoms with Crippen LogP contribution in [0.4, 0.5) is 5.69 Å². The summed E-state index contributed by atoms with van der Waals surface area (Å²) in [5.41, 5.74) is 2.80. The number of halogens is 1. The first kappa shape index (κ1) is 29.2. The Balaban J connectivity index is 2.04. The van der Waals surface area contributed by atoms with Gasteiger partial charge in [0.1, 0.15) is 12.6 Å². The first-order valence-corrected chi connectivity index (χ1v) is 14.3. The van der Waals surface area contributed by atoms with Crippen molar-refractivity contribution >= 4 is 39.1 Å². The van der Waals surface area contributed by atoms with E-state index in [9.17, 15) is 18.0 Å². The molecule has 0 saturated carbocycles. The molecule has 0 saturated heterocycles. The molecule has 1 N–H and O–H groups in total. The van der Waals surface area contributed by atoms with Crippen molar-refractivity contribution in [3.63, 3.8) is 0 Å². The Morgan fingerprint density at radius 3 is 2.32 bits per heavy atom. The molecule has 3 aromatic rings. The van der Waals surface area contributed by atoms with E-state index in [-0.39, 0.29) is 17.3 Å². The van der Waals surface area contributed by atoms with Crippen molar-refractivity contribution in [2.75, 3.05) is 17.4 Å². The average Bonchev–Trinajstić information content (AvgIpc) is 2.89. The van der Waals surface area contributed by atoms with Crippen LogP contribution in [-0.4, -0.2) is 44.3 Å².